The van der Waals surface area contributed by atoms with Gasteiger partial charge in [-0.25, -0.2) is 0 Å². The van der Waals surface area contributed by atoms with Crippen LogP contribution < -0.4 is 10.6 Å². The van der Waals surface area contributed by atoms with E-state index in [2.05, 4.69) is 13.8 Å². The number of carbonyl (C=O) groups excluding carboxylic acids is 1. The molecule has 0 spiro atoms. The smallest absolute Gasteiger partial charge is 0.240 e. The van der Waals surface area contributed by atoms with Crippen LogP contribution in [0.4, 0.5) is 5.69 Å². The average molecular weight is 206 g/mol. The fourth-order valence-electron chi connectivity index (χ4n) is 1.58. The Morgan fingerprint density at radius 1 is 1.27 bits per heavy atom. The highest BCUT2D eigenvalue weighted by atomic mass is 16.2. The second kappa shape index (κ2) is 4.45. The molecule has 3 heteroatoms. The van der Waals surface area contributed by atoms with Crippen molar-refractivity contribution in [3.63, 3.8) is 0 Å². The van der Waals surface area contributed by atoms with Crippen LogP contribution in [0.25, 0.3) is 0 Å². The third-order valence-electron chi connectivity index (χ3n) is 2.94. The lowest BCUT2D eigenvalue weighted by Crippen LogP contribution is -2.33. The van der Waals surface area contributed by atoms with Gasteiger partial charge in [0.2, 0.25) is 5.91 Å². The van der Waals surface area contributed by atoms with Gasteiger partial charge in [-0.3, -0.25) is 4.79 Å². The summed E-state index contributed by atoms with van der Waals surface area (Å²) in [5.41, 5.74) is 9.88. The Morgan fingerprint density at radius 2 is 1.87 bits per heavy atom. The summed E-state index contributed by atoms with van der Waals surface area (Å²) < 4.78 is 0. The topological polar surface area (TPSA) is 46.3 Å². The van der Waals surface area contributed by atoms with Crippen LogP contribution in [-0.2, 0) is 4.79 Å². The molecule has 2 N–H and O–H groups in total. The standard InChI is InChI=1S/C12H18N2O/c1-8-5-6-11(10(3)9(8)2)14(4)12(15)7-13/h5-6H,7,13H2,1-4H3. The van der Waals surface area contributed by atoms with Gasteiger partial charge in [0.1, 0.15) is 0 Å². The molecular weight excluding hydrogens is 188 g/mol. The van der Waals surface area contributed by atoms with Gasteiger partial charge in [-0.05, 0) is 43.5 Å². The van der Waals surface area contributed by atoms with Gasteiger partial charge in [-0.1, -0.05) is 6.07 Å². The predicted octanol–water partition coefficient (Wildman–Crippen LogP) is 1.53. The maximum Gasteiger partial charge on any atom is 0.240 e. The molecule has 15 heavy (non-hydrogen) atoms. The molecule has 1 aromatic rings. The zero-order chi connectivity index (χ0) is 11.6. The van der Waals surface area contributed by atoms with E-state index in [0.717, 1.165) is 11.3 Å². The normalized spacial score (nSPS) is 10.2. The van der Waals surface area contributed by atoms with Gasteiger partial charge >= 0.3 is 0 Å². The van der Waals surface area contributed by atoms with Crippen LogP contribution in [0.15, 0.2) is 12.1 Å². The molecule has 1 aromatic carbocycles. The zero-order valence-electron chi connectivity index (χ0n) is 9.79. The molecule has 1 rings (SSSR count). The molecular formula is C12H18N2O. The van der Waals surface area contributed by atoms with Crippen molar-refractivity contribution >= 4 is 11.6 Å². The van der Waals surface area contributed by atoms with E-state index in [9.17, 15) is 4.79 Å². The molecule has 0 unspecified atom stereocenters. The summed E-state index contributed by atoms with van der Waals surface area (Å²) in [6.45, 7) is 6.20. The quantitative estimate of drug-likeness (QED) is 0.797. The minimum atomic E-state index is -0.0682. The van der Waals surface area contributed by atoms with E-state index in [4.69, 9.17) is 5.73 Å². The van der Waals surface area contributed by atoms with Crippen molar-refractivity contribution in [1.29, 1.82) is 0 Å². The first-order chi connectivity index (χ1) is 6.99. The predicted molar refractivity (Wildman–Crippen MR) is 63.1 cm³/mol. The lowest BCUT2D eigenvalue weighted by Gasteiger charge is -2.20. The molecule has 3 nitrogen and oxygen atoms in total. The Bertz CT molecular complexity index is 385. The van der Waals surface area contributed by atoms with Crippen LogP contribution in [0.1, 0.15) is 16.7 Å². The molecule has 0 bridgehead atoms. The van der Waals surface area contributed by atoms with E-state index in [0.29, 0.717) is 0 Å². The number of amides is 1. The van der Waals surface area contributed by atoms with Crippen LogP contribution >= 0.6 is 0 Å². The number of carbonyl (C=O) groups is 1. The molecule has 1 amide bonds. The lowest BCUT2D eigenvalue weighted by atomic mass is 10.0. The number of benzene rings is 1. The fourth-order valence-corrected chi connectivity index (χ4v) is 1.58. The third kappa shape index (κ3) is 2.18. The third-order valence-corrected chi connectivity index (χ3v) is 2.94. The van der Waals surface area contributed by atoms with Gasteiger partial charge in [0.05, 0.1) is 6.54 Å². The number of hydrogen-bond donors (Lipinski definition) is 1. The highest BCUT2D eigenvalue weighted by Gasteiger charge is 2.12. The van der Waals surface area contributed by atoms with E-state index >= 15 is 0 Å². The maximum absolute atomic E-state index is 11.5. The van der Waals surface area contributed by atoms with Crippen molar-refractivity contribution in [2.24, 2.45) is 5.73 Å². The first-order valence-electron chi connectivity index (χ1n) is 5.02. The lowest BCUT2D eigenvalue weighted by molar-refractivity contribution is -0.117. The summed E-state index contributed by atoms with van der Waals surface area (Å²) >= 11 is 0. The highest BCUT2D eigenvalue weighted by molar-refractivity contribution is 5.95. The van der Waals surface area contributed by atoms with Crippen LogP contribution in [-0.4, -0.2) is 19.5 Å². The largest absolute Gasteiger partial charge is 0.322 e. The van der Waals surface area contributed by atoms with Crippen molar-refractivity contribution in [3.8, 4) is 0 Å². The molecule has 0 radical (unpaired) electrons. The molecule has 0 aromatic heterocycles. The summed E-state index contributed by atoms with van der Waals surface area (Å²) in [5.74, 6) is -0.0682. The average Bonchev–Trinajstić information content (AvgIpc) is 2.24. The summed E-state index contributed by atoms with van der Waals surface area (Å²) in [5, 5.41) is 0. The monoisotopic (exact) mass is 206 g/mol. The summed E-state index contributed by atoms with van der Waals surface area (Å²) in [6, 6.07) is 3.99. The van der Waals surface area contributed by atoms with Gasteiger partial charge in [0.15, 0.2) is 0 Å². The van der Waals surface area contributed by atoms with Gasteiger partial charge in [-0.15, -0.1) is 0 Å². The Morgan fingerprint density at radius 3 is 2.40 bits per heavy atom. The van der Waals surface area contributed by atoms with E-state index in [1.165, 1.54) is 11.1 Å². The van der Waals surface area contributed by atoms with E-state index in [-0.39, 0.29) is 12.5 Å². The van der Waals surface area contributed by atoms with Gasteiger partial charge in [-0.2, -0.15) is 0 Å². The number of hydrogen-bond acceptors (Lipinski definition) is 2. The Kier molecular flexibility index (Phi) is 3.48. The molecule has 0 aliphatic heterocycles. The fraction of sp³-hybridized carbons (Fsp3) is 0.417. The number of likely N-dealkylation sites (N-methyl/N-ethyl adjacent to an activating group) is 1. The summed E-state index contributed by atoms with van der Waals surface area (Å²) in [6.07, 6.45) is 0. The first-order valence-corrected chi connectivity index (χ1v) is 5.02. The second-order valence-corrected chi connectivity index (χ2v) is 3.81. The summed E-state index contributed by atoms with van der Waals surface area (Å²) in [7, 11) is 1.76. The van der Waals surface area contributed by atoms with Crippen molar-refractivity contribution in [3.05, 3.63) is 28.8 Å². The first kappa shape index (κ1) is 11.7. The van der Waals surface area contributed by atoms with Crippen molar-refractivity contribution in [2.75, 3.05) is 18.5 Å². The molecule has 0 saturated carbocycles. The van der Waals surface area contributed by atoms with Crippen molar-refractivity contribution in [2.45, 2.75) is 20.8 Å². The van der Waals surface area contributed by atoms with Crippen LogP contribution in [0, 0.1) is 20.8 Å². The van der Waals surface area contributed by atoms with Crippen molar-refractivity contribution in [1.82, 2.24) is 0 Å². The molecule has 0 saturated heterocycles. The SMILES string of the molecule is Cc1ccc(N(C)C(=O)CN)c(C)c1C. The Balaban J connectivity index is 3.16. The molecule has 0 fully saturated rings. The Labute approximate surface area is 90.9 Å². The van der Waals surface area contributed by atoms with E-state index in [1.807, 2.05) is 19.1 Å². The van der Waals surface area contributed by atoms with Gasteiger partial charge < -0.3 is 10.6 Å². The summed E-state index contributed by atoms with van der Waals surface area (Å²) in [4.78, 5) is 13.1. The molecule has 82 valence electrons. The molecule has 0 atom stereocenters. The minimum absolute atomic E-state index is 0.0445. The van der Waals surface area contributed by atoms with Crippen molar-refractivity contribution < 1.29 is 4.79 Å². The second-order valence-electron chi connectivity index (χ2n) is 3.81. The van der Waals surface area contributed by atoms with Gasteiger partial charge in [0, 0.05) is 12.7 Å². The number of anilines is 1. The van der Waals surface area contributed by atoms with Crippen LogP contribution in [0.3, 0.4) is 0 Å². The van der Waals surface area contributed by atoms with Crippen LogP contribution in [0.5, 0.6) is 0 Å². The number of rotatable bonds is 2. The van der Waals surface area contributed by atoms with E-state index < -0.39 is 0 Å². The van der Waals surface area contributed by atoms with Crippen LogP contribution in [0.2, 0.25) is 0 Å². The van der Waals surface area contributed by atoms with Gasteiger partial charge in [0.25, 0.3) is 0 Å². The molecule has 0 heterocycles. The number of nitrogens with zero attached hydrogens (tertiary/aromatic N) is 1. The Hall–Kier alpha value is -1.35. The molecule has 0 aliphatic carbocycles. The van der Waals surface area contributed by atoms with E-state index in [1.54, 1.807) is 11.9 Å². The minimum Gasteiger partial charge on any atom is -0.322 e. The maximum atomic E-state index is 11.5. The zero-order valence-corrected chi connectivity index (χ0v) is 9.79. The molecule has 0 aliphatic rings. The highest BCUT2D eigenvalue weighted by Crippen LogP contribution is 2.24. The number of aryl methyl sites for hydroxylation is 1. The number of nitrogens with two attached hydrogens (primary N) is 1.